The van der Waals surface area contributed by atoms with Crippen molar-refractivity contribution >= 4 is 5.91 Å². The topological polar surface area (TPSA) is 82.5 Å². The molecule has 0 fully saturated rings. The van der Waals surface area contributed by atoms with Gasteiger partial charge in [-0.25, -0.2) is 4.68 Å². The van der Waals surface area contributed by atoms with E-state index in [0.29, 0.717) is 23.7 Å². The van der Waals surface area contributed by atoms with Gasteiger partial charge in [-0.3, -0.25) is 9.59 Å². The first-order chi connectivity index (χ1) is 14.5. The molecule has 0 bridgehead atoms. The van der Waals surface area contributed by atoms with Gasteiger partial charge >= 0.3 is 0 Å². The number of hydrogen-bond donors (Lipinski definition) is 1. The Morgan fingerprint density at radius 3 is 2.50 bits per heavy atom. The number of ether oxygens (including phenoxy) is 2. The maximum absolute atomic E-state index is 12.3. The highest BCUT2D eigenvalue weighted by molar-refractivity contribution is 5.75. The largest absolute Gasteiger partial charge is 0.497 e. The number of amides is 1. The van der Waals surface area contributed by atoms with Crippen LogP contribution in [-0.2, 0) is 17.9 Å². The molecule has 156 valence electrons. The van der Waals surface area contributed by atoms with E-state index in [4.69, 9.17) is 9.47 Å². The maximum Gasteiger partial charge on any atom is 0.266 e. The monoisotopic (exact) mass is 407 g/mol. The fraction of sp³-hybridized carbons (Fsp3) is 0.261. The molecule has 7 nitrogen and oxygen atoms in total. The third kappa shape index (κ3) is 5.26. The van der Waals surface area contributed by atoms with E-state index in [-0.39, 0.29) is 24.4 Å². The van der Waals surface area contributed by atoms with Gasteiger partial charge in [-0.15, -0.1) is 0 Å². The lowest BCUT2D eigenvalue weighted by molar-refractivity contribution is -0.121. The van der Waals surface area contributed by atoms with Gasteiger partial charge in [0.25, 0.3) is 5.56 Å². The van der Waals surface area contributed by atoms with E-state index in [0.717, 1.165) is 16.7 Å². The van der Waals surface area contributed by atoms with E-state index >= 15 is 0 Å². The summed E-state index contributed by atoms with van der Waals surface area (Å²) in [6.07, 6.45) is 0.142. The minimum Gasteiger partial charge on any atom is -0.497 e. The van der Waals surface area contributed by atoms with Gasteiger partial charge in [0.2, 0.25) is 5.91 Å². The molecule has 0 aliphatic rings. The Balaban J connectivity index is 1.61. The van der Waals surface area contributed by atoms with Crippen LogP contribution in [0.4, 0.5) is 0 Å². The number of carbonyl (C=O) groups excluding carboxylic acids is 1. The molecule has 0 saturated carbocycles. The summed E-state index contributed by atoms with van der Waals surface area (Å²) in [4.78, 5) is 24.4. The number of benzene rings is 2. The van der Waals surface area contributed by atoms with Crippen molar-refractivity contribution in [1.29, 1.82) is 0 Å². The summed E-state index contributed by atoms with van der Waals surface area (Å²) >= 11 is 0. The van der Waals surface area contributed by atoms with Crippen LogP contribution in [0.25, 0.3) is 11.3 Å². The molecule has 3 rings (SSSR count). The van der Waals surface area contributed by atoms with E-state index in [1.165, 1.54) is 10.7 Å². The summed E-state index contributed by atoms with van der Waals surface area (Å²) < 4.78 is 11.8. The van der Waals surface area contributed by atoms with Gasteiger partial charge in [-0.05, 0) is 25.1 Å². The molecule has 0 aliphatic heterocycles. The van der Waals surface area contributed by atoms with Gasteiger partial charge in [0.05, 0.1) is 26.5 Å². The van der Waals surface area contributed by atoms with Crippen molar-refractivity contribution in [3.05, 3.63) is 76.1 Å². The average Bonchev–Trinajstić information content (AvgIpc) is 2.77. The van der Waals surface area contributed by atoms with Crippen LogP contribution in [0.1, 0.15) is 17.5 Å². The summed E-state index contributed by atoms with van der Waals surface area (Å²) in [7, 11) is 3.15. The van der Waals surface area contributed by atoms with Gasteiger partial charge < -0.3 is 14.8 Å². The zero-order chi connectivity index (χ0) is 21.5. The Labute approximate surface area is 175 Å². The van der Waals surface area contributed by atoms with Crippen LogP contribution < -0.4 is 20.3 Å². The Bertz CT molecular complexity index is 1070. The molecule has 0 saturated heterocycles. The minimum absolute atomic E-state index is 0.142. The third-order valence-electron chi connectivity index (χ3n) is 4.73. The lowest BCUT2D eigenvalue weighted by atomic mass is 10.1. The molecule has 3 aromatic rings. The minimum atomic E-state index is -0.240. The van der Waals surface area contributed by atoms with E-state index in [9.17, 15) is 9.59 Å². The molecular weight excluding hydrogens is 382 g/mol. The molecule has 1 amide bonds. The Morgan fingerprint density at radius 2 is 1.80 bits per heavy atom. The smallest absolute Gasteiger partial charge is 0.266 e. The van der Waals surface area contributed by atoms with Crippen molar-refractivity contribution in [2.45, 2.75) is 26.4 Å². The van der Waals surface area contributed by atoms with Gasteiger partial charge in [0.1, 0.15) is 11.5 Å². The third-order valence-corrected chi connectivity index (χ3v) is 4.73. The number of nitrogens with zero attached hydrogens (tertiary/aromatic N) is 2. The number of rotatable bonds is 8. The fourth-order valence-electron chi connectivity index (χ4n) is 2.97. The lowest BCUT2D eigenvalue weighted by Crippen LogP contribution is -2.28. The quantitative estimate of drug-likeness (QED) is 0.621. The standard InChI is InChI=1S/C23H25N3O4/c1-16-4-6-17(7-5-16)20-10-11-23(28)26(25-20)13-12-22(27)24-15-18-8-9-19(29-2)14-21(18)30-3/h4-11,14H,12-13,15H2,1-3H3,(H,24,27). The lowest BCUT2D eigenvalue weighted by Gasteiger charge is -2.12. The van der Waals surface area contributed by atoms with Crippen molar-refractivity contribution in [3.8, 4) is 22.8 Å². The molecule has 0 atom stereocenters. The molecule has 30 heavy (non-hydrogen) atoms. The maximum atomic E-state index is 12.3. The van der Waals surface area contributed by atoms with Crippen LogP contribution in [0.15, 0.2) is 59.4 Å². The zero-order valence-corrected chi connectivity index (χ0v) is 17.3. The molecule has 0 aliphatic carbocycles. The zero-order valence-electron chi connectivity index (χ0n) is 17.3. The number of hydrogen-bond acceptors (Lipinski definition) is 5. The van der Waals surface area contributed by atoms with Crippen molar-refractivity contribution in [3.63, 3.8) is 0 Å². The van der Waals surface area contributed by atoms with Crippen LogP contribution in [0, 0.1) is 6.92 Å². The Hall–Kier alpha value is -3.61. The number of nitrogens with one attached hydrogen (secondary N) is 1. The normalized spacial score (nSPS) is 10.5. The van der Waals surface area contributed by atoms with Crippen LogP contribution >= 0.6 is 0 Å². The van der Waals surface area contributed by atoms with Crippen molar-refractivity contribution in [1.82, 2.24) is 15.1 Å². The van der Waals surface area contributed by atoms with E-state index in [2.05, 4.69) is 10.4 Å². The van der Waals surface area contributed by atoms with Crippen molar-refractivity contribution in [2.75, 3.05) is 14.2 Å². The van der Waals surface area contributed by atoms with Gasteiger partial charge in [0, 0.05) is 36.2 Å². The molecule has 0 spiro atoms. The Kier molecular flexibility index (Phi) is 6.85. The van der Waals surface area contributed by atoms with Crippen LogP contribution in [0.2, 0.25) is 0 Å². The van der Waals surface area contributed by atoms with Gasteiger partial charge in [-0.2, -0.15) is 5.10 Å². The second kappa shape index (κ2) is 9.73. The second-order valence-electron chi connectivity index (χ2n) is 6.85. The highest BCUT2D eigenvalue weighted by atomic mass is 16.5. The second-order valence-corrected chi connectivity index (χ2v) is 6.85. The summed E-state index contributed by atoms with van der Waals surface area (Å²) in [6, 6.07) is 16.5. The summed E-state index contributed by atoms with van der Waals surface area (Å²) in [6.45, 7) is 2.53. The first kappa shape index (κ1) is 21.1. The molecule has 1 heterocycles. The molecule has 7 heteroatoms. The van der Waals surface area contributed by atoms with E-state index in [1.54, 1.807) is 26.4 Å². The number of methoxy groups -OCH3 is 2. The predicted octanol–water partition coefficient (Wildman–Crippen LogP) is 2.94. The van der Waals surface area contributed by atoms with Crippen LogP contribution in [-0.4, -0.2) is 29.9 Å². The number of aromatic nitrogens is 2. The van der Waals surface area contributed by atoms with Crippen molar-refractivity contribution in [2.24, 2.45) is 0 Å². The van der Waals surface area contributed by atoms with Gasteiger partial charge in [-0.1, -0.05) is 29.8 Å². The predicted molar refractivity (Wildman–Crippen MR) is 115 cm³/mol. The first-order valence-corrected chi connectivity index (χ1v) is 9.63. The molecular formula is C23H25N3O4. The fourth-order valence-corrected chi connectivity index (χ4v) is 2.97. The summed E-state index contributed by atoms with van der Waals surface area (Å²) in [5.74, 6) is 1.14. The van der Waals surface area contributed by atoms with E-state index in [1.807, 2.05) is 43.3 Å². The van der Waals surface area contributed by atoms with Crippen molar-refractivity contribution < 1.29 is 14.3 Å². The van der Waals surface area contributed by atoms with Crippen LogP contribution in [0.5, 0.6) is 11.5 Å². The van der Waals surface area contributed by atoms with E-state index < -0.39 is 0 Å². The summed E-state index contributed by atoms with van der Waals surface area (Å²) in [5, 5.41) is 7.25. The average molecular weight is 407 g/mol. The molecule has 0 unspecified atom stereocenters. The van der Waals surface area contributed by atoms with Crippen LogP contribution in [0.3, 0.4) is 0 Å². The first-order valence-electron chi connectivity index (χ1n) is 9.63. The number of carbonyl (C=O) groups is 1. The van der Waals surface area contributed by atoms with Gasteiger partial charge in [0.15, 0.2) is 0 Å². The number of aryl methyl sites for hydroxylation is 2. The molecule has 1 aromatic heterocycles. The molecule has 0 radical (unpaired) electrons. The molecule has 1 N–H and O–H groups in total. The Morgan fingerprint density at radius 1 is 1.03 bits per heavy atom. The highest BCUT2D eigenvalue weighted by Crippen LogP contribution is 2.24. The molecule has 2 aromatic carbocycles. The highest BCUT2D eigenvalue weighted by Gasteiger charge is 2.09. The summed E-state index contributed by atoms with van der Waals surface area (Å²) in [5.41, 5.74) is 3.36. The SMILES string of the molecule is COc1ccc(CNC(=O)CCn2nc(-c3ccc(C)cc3)ccc2=O)c(OC)c1.